The van der Waals surface area contributed by atoms with Gasteiger partial charge in [-0.1, -0.05) is 30.3 Å². The summed E-state index contributed by atoms with van der Waals surface area (Å²) in [6, 6.07) is 13.5. The standard InChI is InChI=1S/C19H17F3N4O2S/c1-29(27,28)25-11-13-6-8-14(9-7-13)26-18-10-17(23-12-24-18)15-4-2-3-5-16(15)19(20,21)22/h2-10,12,25H,11H2,1H3,(H,23,24,26). The number of hydrogen-bond acceptors (Lipinski definition) is 5. The fourth-order valence-corrected chi connectivity index (χ4v) is 3.02. The van der Waals surface area contributed by atoms with Crippen LogP contribution in [0.4, 0.5) is 24.7 Å². The van der Waals surface area contributed by atoms with Crippen LogP contribution in [-0.2, 0) is 22.7 Å². The Hall–Kier alpha value is -2.98. The second kappa shape index (κ2) is 8.18. The number of nitrogens with zero attached hydrogens (tertiary/aromatic N) is 2. The van der Waals surface area contributed by atoms with Crippen molar-refractivity contribution in [3.63, 3.8) is 0 Å². The minimum absolute atomic E-state index is 0.0346. The molecule has 6 nitrogen and oxygen atoms in total. The van der Waals surface area contributed by atoms with E-state index in [9.17, 15) is 21.6 Å². The molecular formula is C19H17F3N4O2S. The van der Waals surface area contributed by atoms with Gasteiger partial charge in [0.25, 0.3) is 0 Å². The Morgan fingerprint density at radius 3 is 2.34 bits per heavy atom. The molecule has 0 atom stereocenters. The van der Waals surface area contributed by atoms with Crippen LogP contribution in [0.5, 0.6) is 0 Å². The van der Waals surface area contributed by atoms with E-state index in [2.05, 4.69) is 20.0 Å². The van der Waals surface area contributed by atoms with Gasteiger partial charge >= 0.3 is 6.18 Å². The van der Waals surface area contributed by atoms with Gasteiger partial charge in [0, 0.05) is 23.9 Å². The SMILES string of the molecule is CS(=O)(=O)NCc1ccc(Nc2cc(-c3ccccc3C(F)(F)F)ncn2)cc1. The molecule has 0 radical (unpaired) electrons. The van der Waals surface area contributed by atoms with E-state index in [1.165, 1.54) is 30.6 Å². The quantitative estimate of drug-likeness (QED) is 0.628. The zero-order valence-corrected chi connectivity index (χ0v) is 16.1. The maximum Gasteiger partial charge on any atom is 0.417 e. The first kappa shape index (κ1) is 20.7. The van der Waals surface area contributed by atoms with Gasteiger partial charge in [0.1, 0.15) is 12.1 Å². The largest absolute Gasteiger partial charge is 0.417 e. The Labute approximate surface area is 165 Å². The van der Waals surface area contributed by atoms with Crippen molar-refractivity contribution in [1.82, 2.24) is 14.7 Å². The number of nitrogens with one attached hydrogen (secondary N) is 2. The smallest absolute Gasteiger partial charge is 0.340 e. The van der Waals surface area contributed by atoms with Crippen molar-refractivity contribution in [3.8, 4) is 11.3 Å². The van der Waals surface area contributed by atoms with Crippen molar-refractivity contribution in [2.75, 3.05) is 11.6 Å². The molecule has 10 heteroatoms. The van der Waals surface area contributed by atoms with Crippen LogP contribution in [-0.4, -0.2) is 24.6 Å². The van der Waals surface area contributed by atoms with Gasteiger partial charge < -0.3 is 5.32 Å². The molecular weight excluding hydrogens is 405 g/mol. The highest BCUT2D eigenvalue weighted by Gasteiger charge is 2.33. The number of aromatic nitrogens is 2. The van der Waals surface area contributed by atoms with Gasteiger partial charge in [0.05, 0.1) is 17.5 Å². The van der Waals surface area contributed by atoms with Gasteiger partial charge in [-0.05, 0) is 23.8 Å². The summed E-state index contributed by atoms with van der Waals surface area (Å²) in [5.74, 6) is 0.328. The maximum absolute atomic E-state index is 13.3. The van der Waals surface area contributed by atoms with Gasteiger partial charge in [-0.3, -0.25) is 0 Å². The number of anilines is 2. The zero-order chi connectivity index (χ0) is 21.1. The number of hydrogen-bond donors (Lipinski definition) is 2. The molecule has 3 rings (SSSR count). The lowest BCUT2D eigenvalue weighted by atomic mass is 10.0. The molecule has 0 spiro atoms. The van der Waals surface area contributed by atoms with E-state index >= 15 is 0 Å². The number of sulfonamides is 1. The Bertz CT molecular complexity index is 1100. The summed E-state index contributed by atoms with van der Waals surface area (Å²) in [5, 5.41) is 3.00. The number of alkyl halides is 3. The molecule has 1 heterocycles. The molecule has 0 saturated carbocycles. The van der Waals surface area contributed by atoms with E-state index in [0.717, 1.165) is 17.9 Å². The highest BCUT2D eigenvalue weighted by molar-refractivity contribution is 7.88. The fraction of sp³-hybridized carbons (Fsp3) is 0.158. The minimum Gasteiger partial charge on any atom is -0.340 e. The number of benzene rings is 2. The van der Waals surface area contributed by atoms with E-state index in [4.69, 9.17) is 0 Å². The van der Waals surface area contributed by atoms with Gasteiger partial charge in [-0.2, -0.15) is 13.2 Å². The molecule has 0 aliphatic carbocycles. The predicted molar refractivity (Wildman–Crippen MR) is 104 cm³/mol. The van der Waals surface area contributed by atoms with Crippen LogP contribution < -0.4 is 10.0 Å². The molecule has 0 unspecified atom stereocenters. The van der Waals surface area contributed by atoms with Crippen LogP contribution >= 0.6 is 0 Å². The van der Waals surface area contributed by atoms with Crippen LogP contribution in [0.1, 0.15) is 11.1 Å². The lowest BCUT2D eigenvalue weighted by Gasteiger charge is -2.13. The van der Waals surface area contributed by atoms with Gasteiger partial charge in [0.2, 0.25) is 10.0 Å². The third-order valence-electron chi connectivity index (χ3n) is 3.94. The zero-order valence-electron chi connectivity index (χ0n) is 15.2. The molecule has 29 heavy (non-hydrogen) atoms. The first-order valence-electron chi connectivity index (χ1n) is 8.41. The van der Waals surface area contributed by atoms with Crippen LogP contribution in [0.25, 0.3) is 11.3 Å². The number of halogens is 3. The predicted octanol–water partition coefficient (Wildman–Crippen LogP) is 3.96. The molecule has 0 aliphatic heterocycles. The van der Waals surface area contributed by atoms with Crippen LogP contribution in [0.2, 0.25) is 0 Å². The van der Waals surface area contributed by atoms with Gasteiger partial charge in [0.15, 0.2) is 0 Å². The summed E-state index contributed by atoms with van der Waals surface area (Å²) in [6.07, 6.45) is -2.23. The monoisotopic (exact) mass is 422 g/mol. The van der Waals surface area contributed by atoms with Crippen molar-refractivity contribution in [2.24, 2.45) is 0 Å². The Kier molecular flexibility index (Phi) is 5.85. The normalized spacial score (nSPS) is 12.0. The second-order valence-corrected chi connectivity index (χ2v) is 8.08. The highest BCUT2D eigenvalue weighted by atomic mass is 32.2. The van der Waals surface area contributed by atoms with Crippen LogP contribution in [0.3, 0.4) is 0 Å². The van der Waals surface area contributed by atoms with Crippen molar-refractivity contribution >= 4 is 21.5 Å². The molecule has 0 amide bonds. The van der Waals surface area contributed by atoms with E-state index in [1.54, 1.807) is 24.3 Å². The van der Waals surface area contributed by atoms with Crippen molar-refractivity contribution in [3.05, 3.63) is 72.1 Å². The van der Waals surface area contributed by atoms with Gasteiger partial charge in [-0.25, -0.2) is 23.1 Å². The Balaban J connectivity index is 1.79. The van der Waals surface area contributed by atoms with Crippen LogP contribution in [0, 0.1) is 0 Å². The minimum atomic E-state index is -4.50. The van der Waals surface area contributed by atoms with Crippen molar-refractivity contribution in [2.45, 2.75) is 12.7 Å². The van der Waals surface area contributed by atoms with Crippen molar-refractivity contribution < 1.29 is 21.6 Å². The van der Waals surface area contributed by atoms with Crippen LogP contribution in [0.15, 0.2) is 60.9 Å². The van der Waals surface area contributed by atoms with E-state index in [-0.39, 0.29) is 17.8 Å². The topological polar surface area (TPSA) is 84.0 Å². The lowest BCUT2D eigenvalue weighted by Crippen LogP contribution is -2.21. The summed E-state index contributed by atoms with van der Waals surface area (Å²) in [5.41, 5.74) is 0.731. The first-order valence-corrected chi connectivity index (χ1v) is 10.3. The lowest BCUT2D eigenvalue weighted by molar-refractivity contribution is -0.137. The molecule has 0 bridgehead atoms. The second-order valence-electron chi connectivity index (χ2n) is 6.25. The summed E-state index contributed by atoms with van der Waals surface area (Å²) >= 11 is 0. The maximum atomic E-state index is 13.3. The van der Waals surface area contributed by atoms with Crippen molar-refractivity contribution in [1.29, 1.82) is 0 Å². The summed E-state index contributed by atoms with van der Waals surface area (Å²) < 4.78 is 64.4. The average Bonchev–Trinajstić information content (AvgIpc) is 2.66. The summed E-state index contributed by atoms with van der Waals surface area (Å²) in [7, 11) is -3.29. The molecule has 152 valence electrons. The third-order valence-corrected chi connectivity index (χ3v) is 4.61. The summed E-state index contributed by atoms with van der Waals surface area (Å²) in [6.45, 7) is 0.158. The Morgan fingerprint density at radius 2 is 1.69 bits per heavy atom. The molecule has 2 aromatic carbocycles. The first-order chi connectivity index (χ1) is 13.6. The molecule has 3 aromatic rings. The van der Waals surface area contributed by atoms with E-state index in [1.807, 2.05) is 0 Å². The average molecular weight is 422 g/mol. The van der Waals surface area contributed by atoms with E-state index < -0.39 is 21.8 Å². The molecule has 0 aliphatic rings. The fourth-order valence-electron chi connectivity index (χ4n) is 2.59. The highest BCUT2D eigenvalue weighted by Crippen LogP contribution is 2.36. The van der Waals surface area contributed by atoms with Gasteiger partial charge in [-0.15, -0.1) is 0 Å². The van der Waals surface area contributed by atoms with E-state index in [0.29, 0.717) is 11.5 Å². The Morgan fingerprint density at radius 1 is 1.00 bits per heavy atom. The molecule has 2 N–H and O–H groups in total. The summed E-state index contributed by atoms with van der Waals surface area (Å²) in [4.78, 5) is 8.02. The number of rotatable bonds is 6. The molecule has 0 saturated heterocycles. The molecule has 1 aromatic heterocycles. The third kappa shape index (κ3) is 5.75. The molecule has 0 fully saturated rings.